The van der Waals surface area contributed by atoms with Crippen LogP contribution in [0.4, 0.5) is 0 Å². The molecule has 2 aliphatic rings. The first kappa shape index (κ1) is 20.4. The van der Waals surface area contributed by atoms with Gasteiger partial charge in [0, 0.05) is 10.6 Å². The van der Waals surface area contributed by atoms with E-state index in [9.17, 15) is 4.79 Å². The Morgan fingerprint density at radius 1 is 1.00 bits per heavy atom. The molecule has 1 aliphatic carbocycles. The van der Waals surface area contributed by atoms with Crippen LogP contribution in [0.15, 0.2) is 88.2 Å². The predicted octanol–water partition coefficient (Wildman–Crippen LogP) is 5.28. The fourth-order valence-electron chi connectivity index (χ4n) is 4.80. The minimum absolute atomic E-state index is 0.0188. The number of nitrogens with zero attached hydrogens (tertiary/aromatic N) is 2. The molecule has 0 saturated carbocycles. The van der Waals surface area contributed by atoms with E-state index in [-0.39, 0.29) is 11.6 Å². The van der Waals surface area contributed by atoms with Crippen LogP contribution in [-0.4, -0.2) is 4.57 Å². The predicted molar refractivity (Wildman–Crippen MR) is 135 cm³/mol. The monoisotopic (exact) mass is 468 g/mol. The third-order valence-electron chi connectivity index (χ3n) is 6.46. The van der Waals surface area contributed by atoms with E-state index in [1.165, 1.54) is 33.6 Å². The average molecular weight is 469 g/mol. The van der Waals surface area contributed by atoms with Gasteiger partial charge in [-0.25, -0.2) is 4.99 Å². The molecule has 33 heavy (non-hydrogen) atoms. The number of hydrogen-bond donors (Lipinski definition) is 0. The molecule has 1 atom stereocenters. The number of hydrogen-bond acceptors (Lipinski definition) is 3. The molecule has 0 N–H and O–H groups in total. The molecule has 0 unspecified atom stereocenters. The van der Waals surface area contributed by atoms with Gasteiger partial charge in [0.2, 0.25) is 0 Å². The van der Waals surface area contributed by atoms with Crippen LogP contribution >= 0.6 is 22.9 Å². The first-order valence-corrected chi connectivity index (χ1v) is 12.2. The van der Waals surface area contributed by atoms with E-state index < -0.39 is 0 Å². The molecule has 0 amide bonds. The Hall–Kier alpha value is -3.21. The van der Waals surface area contributed by atoms with Crippen LogP contribution in [0.1, 0.15) is 40.3 Å². The zero-order valence-electron chi connectivity index (χ0n) is 18.1. The first-order chi connectivity index (χ1) is 16.1. The van der Waals surface area contributed by atoms with Crippen molar-refractivity contribution in [2.24, 2.45) is 4.99 Å². The van der Waals surface area contributed by atoms with Gasteiger partial charge in [0.1, 0.15) is 0 Å². The second-order valence-electron chi connectivity index (χ2n) is 8.55. The molecular weight excluding hydrogens is 448 g/mol. The van der Waals surface area contributed by atoms with E-state index in [0.717, 1.165) is 34.5 Å². The van der Waals surface area contributed by atoms with Crippen molar-refractivity contribution < 1.29 is 0 Å². The minimum atomic E-state index is -0.154. The summed E-state index contributed by atoms with van der Waals surface area (Å²) in [5.74, 6) is 0. The molecule has 1 aromatic heterocycles. The SMILES string of the molecule is Cc1ccc([C@H]2C3=C(N=c4sc(=Cc5ccccc5Cl)c(=O)n42)c2ccccc2CC3)cc1. The summed E-state index contributed by atoms with van der Waals surface area (Å²) >= 11 is 7.81. The number of halogens is 1. The van der Waals surface area contributed by atoms with Gasteiger partial charge in [-0.05, 0) is 54.2 Å². The second-order valence-corrected chi connectivity index (χ2v) is 9.96. The van der Waals surface area contributed by atoms with Gasteiger partial charge in [-0.1, -0.05) is 95.2 Å². The molecule has 3 nitrogen and oxygen atoms in total. The standard InChI is InChI=1S/C28H21ClN2OS/c1-17-10-12-19(13-11-17)26-22-15-14-18-6-2-4-8-21(18)25(22)30-28-31(26)27(32)24(33-28)16-20-7-3-5-9-23(20)29/h2-13,16,26H,14-15H2,1H3/t26-/m0/s1. The fraction of sp³-hybridized carbons (Fsp3) is 0.143. The quantitative estimate of drug-likeness (QED) is 0.394. The summed E-state index contributed by atoms with van der Waals surface area (Å²) in [7, 11) is 0. The van der Waals surface area contributed by atoms with E-state index >= 15 is 0 Å². The Balaban J connectivity index is 1.64. The lowest BCUT2D eigenvalue weighted by molar-refractivity contribution is 0.585. The molecule has 0 spiro atoms. The van der Waals surface area contributed by atoms with Crippen molar-refractivity contribution in [2.45, 2.75) is 25.8 Å². The first-order valence-electron chi connectivity index (χ1n) is 11.0. The van der Waals surface area contributed by atoms with Crippen LogP contribution in [0.2, 0.25) is 5.02 Å². The topological polar surface area (TPSA) is 34.4 Å². The number of thiazole rings is 1. The highest BCUT2D eigenvalue weighted by molar-refractivity contribution is 7.07. The van der Waals surface area contributed by atoms with Crippen molar-refractivity contribution >= 4 is 34.7 Å². The van der Waals surface area contributed by atoms with Crippen molar-refractivity contribution in [1.29, 1.82) is 0 Å². The summed E-state index contributed by atoms with van der Waals surface area (Å²) in [5.41, 5.74) is 7.88. The number of fused-ring (bicyclic) bond motifs is 3. The van der Waals surface area contributed by atoms with Gasteiger partial charge in [0.15, 0.2) is 4.80 Å². The van der Waals surface area contributed by atoms with Crippen molar-refractivity contribution in [3.63, 3.8) is 0 Å². The van der Waals surface area contributed by atoms with Crippen molar-refractivity contribution in [3.8, 4) is 0 Å². The molecule has 4 aromatic rings. The smallest absolute Gasteiger partial charge is 0.271 e. The number of aromatic nitrogens is 1. The molecule has 1 aliphatic heterocycles. The van der Waals surface area contributed by atoms with E-state index in [0.29, 0.717) is 9.55 Å². The highest BCUT2D eigenvalue weighted by atomic mass is 35.5. The van der Waals surface area contributed by atoms with Gasteiger partial charge in [0.05, 0.1) is 16.3 Å². The molecule has 3 aromatic carbocycles. The third-order valence-corrected chi connectivity index (χ3v) is 7.79. The van der Waals surface area contributed by atoms with Gasteiger partial charge < -0.3 is 0 Å². The van der Waals surface area contributed by atoms with Crippen LogP contribution in [0.5, 0.6) is 0 Å². The zero-order chi connectivity index (χ0) is 22.5. The summed E-state index contributed by atoms with van der Waals surface area (Å²) < 4.78 is 2.53. The summed E-state index contributed by atoms with van der Waals surface area (Å²) in [6, 6.07) is 24.4. The number of allylic oxidation sites excluding steroid dienone is 1. The Morgan fingerprint density at radius 2 is 1.76 bits per heavy atom. The molecule has 162 valence electrons. The lowest BCUT2D eigenvalue weighted by Gasteiger charge is -2.30. The Kier molecular flexibility index (Phi) is 4.93. The molecular formula is C28H21ClN2OS. The molecule has 5 heteroatoms. The highest BCUT2D eigenvalue weighted by Crippen LogP contribution is 2.41. The summed E-state index contributed by atoms with van der Waals surface area (Å²) in [4.78, 5) is 19.5. The van der Waals surface area contributed by atoms with Gasteiger partial charge in [-0.2, -0.15) is 0 Å². The average Bonchev–Trinajstić information content (AvgIpc) is 3.14. The fourth-order valence-corrected chi connectivity index (χ4v) is 5.99. The van der Waals surface area contributed by atoms with E-state index in [1.807, 2.05) is 34.9 Å². The Bertz CT molecular complexity index is 1610. The molecule has 0 radical (unpaired) electrons. The van der Waals surface area contributed by atoms with E-state index in [1.54, 1.807) is 0 Å². The van der Waals surface area contributed by atoms with Crippen molar-refractivity contribution in [2.75, 3.05) is 0 Å². The largest absolute Gasteiger partial charge is 0.272 e. The zero-order valence-corrected chi connectivity index (χ0v) is 19.7. The van der Waals surface area contributed by atoms with E-state index in [2.05, 4.69) is 55.5 Å². The summed E-state index contributed by atoms with van der Waals surface area (Å²) in [6.07, 6.45) is 3.73. The Labute approximate surface area is 200 Å². The number of rotatable bonds is 2. The molecule has 2 heterocycles. The summed E-state index contributed by atoms with van der Waals surface area (Å²) in [6.45, 7) is 2.08. The lowest BCUT2D eigenvalue weighted by Crippen LogP contribution is -2.38. The maximum Gasteiger partial charge on any atom is 0.271 e. The molecule has 6 rings (SSSR count). The van der Waals surface area contributed by atoms with Crippen LogP contribution in [-0.2, 0) is 6.42 Å². The van der Waals surface area contributed by atoms with Crippen LogP contribution in [0, 0.1) is 6.92 Å². The Morgan fingerprint density at radius 3 is 2.58 bits per heavy atom. The van der Waals surface area contributed by atoms with Gasteiger partial charge in [-0.15, -0.1) is 0 Å². The van der Waals surface area contributed by atoms with Crippen LogP contribution in [0.25, 0.3) is 11.8 Å². The molecule has 0 saturated heterocycles. The maximum atomic E-state index is 13.7. The lowest BCUT2D eigenvalue weighted by atomic mass is 9.83. The third kappa shape index (κ3) is 3.41. The van der Waals surface area contributed by atoms with Crippen molar-refractivity contribution in [3.05, 3.63) is 131 Å². The minimum Gasteiger partial charge on any atom is -0.272 e. The number of aryl methyl sites for hydroxylation is 2. The molecule has 0 bridgehead atoms. The second kappa shape index (κ2) is 7.98. The van der Waals surface area contributed by atoms with Crippen LogP contribution < -0.4 is 14.9 Å². The van der Waals surface area contributed by atoms with Gasteiger partial charge in [0.25, 0.3) is 5.56 Å². The highest BCUT2D eigenvalue weighted by Gasteiger charge is 2.32. The van der Waals surface area contributed by atoms with Crippen molar-refractivity contribution in [1.82, 2.24) is 4.57 Å². The van der Waals surface area contributed by atoms with Gasteiger partial charge in [-0.3, -0.25) is 9.36 Å². The van der Waals surface area contributed by atoms with E-state index in [4.69, 9.17) is 16.6 Å². The van der Waals surface area contributed by atoms with Crippen LogP contribution in [0.3, 0.4) is 0 Å². The maximum absolute atomic E-state index is 13.7. The molecule has 0 fully saturated rings. The normalized spacial score (nSPS) is 17.3. The van der Waals surface area contributed by atoms with Gasteiger partial charge >= 0.3 is 0 Å². The number of benzene rings is 3. The summed E-state index contributed by atoms with van der Waals surface area (Å²) in [5, 5.41) is 0.631.